The molecule has 2 aromatic heterocycles. The molecule has 2 nitrogen and oxygen atoms in total. The van der Waals surface area contributed by atoms with Crippen LogP contribution in [0.15, 0.2) is 49.1 Å². The number of rotatable bonds is 17. The zero-order valence-corrected chi connectivity index (χ0v) is 22.1. The number of aryl methyl sites for hydroxylation is 4. The van der Waals surface area contributed by atoms with Gasteiger partial charge in [0.15, 0.2) is 24.8 Å². The summed E-state index contributed by atoms with van der Waals surface area (Å²) in [5.41, 5.74) is 2.98. The summed E-state index contributed by atoms with van der Waals surface area (Å²) in [6.45, 7) is 6.86. The van der Waals surface area contributed by atoms with E-state index in [4.69, 9.17) is 0 Å². The third kappa shape index (κ3) is 14.1. The smallest absolute Gasteiger partial charge is 0.169 e. The zero-order chi connectivity index (χ0) is 21.3. The minimum Gasteiger partial charge on any atom is -1.00 e. The molecule has 4 heteroatoms. The maximum atomic E-state index is 2.35. The molecule has 32 heavy (non-hydrogen) atoms. The number of pyridine rings is 2. The van der Waals surface area contributed by atoms with Crippen LogP contribution in [0.1, 0.15) is 102 Å². The van der Waals surface area contributed by atoms with E-state index >= 15 is 0 Å². The van der Waals surface area contributed by atoms with E-state index in [1.807, 2.05) is 0 Å². The molecule has 0 aliphatic carbocycles. The number of hydrogen-bond acceptors (Lipinski definition) is 0. The van der Waals surface area contributed by atoms with Crippen LogP contribution >= 0.6 is 0 Å². The predicted octanol–water partition coefficient (Wildman–Crippen LogP) is 0.776. The molecule has 0 spiro atoms. The highest BCUT2D eigenvalue weighted by atomic mass is 35.5. The average Bonchev–Trinajstić information content (AvgIpc) is 2.78. The van der Waals surface area contributed by atoms with E-state index in [0.29, 0.717) is 0 Å². The first-order valence-electron chi connectivity index (χ1n) is 12.8. The average molecular weight is 482 g/mol. The van der Waals surface area contributed by atoms with Crippen molar-refractivity contribution in [1.29, 1.82) is 0 Å². The molecule has 2 rings (SSSR count). The van der Waals surface area contributed by atoms with Gasteiger partial charge in [-0.15, -0.1) is 0 Å². The standard InChI is InChI=1S/C28H46N2.2ClH/c1-3-5-11-15-27-17-23-29(24-18-27)21-13-9-7-8-10-14-22-30-25-19-28(20-26-30)16-12-6-4-2;;/h17-20,23-26H,3-16,21-22H2,1-2H3;2*1H/q+2;;/p-2. The van der Waals surface area contributed by atoms with Gasteiger partial charge in [0.2, 0.25) is 0 Å². The second-order valence-corrected chi connectivity index (χ2v) is 8.92. The highest BCUT2D eigenvalue weighted by Crippen LogP contribution is 2.08. The first-order valence-corrected chi connectivity index (χ1v) is 12.8. The Kier molecular flexibility index (Phi) is 19.8. The van der Waals surface area contributed by atoms with Crippen LogP contribution in [0.4, 0.5) is 0 Å². The van der Waals surface area contributed by atoms with Gasteiger partial charge in [-0.3, -0.25) is 0 Å². The van der Waals surface area contributed by atoms with Crippen LogP contribution in [0, 0.1) is 0 Å². The van der Waals surface area contributed by atoms with Crippen molar-refractivity contribution in [1.82, 2.24) is 0 Å². The summed E-state index contributed by atoms with van der Waals surface area (Å²) in [6.07, 6.45) is 27.5. The number of halogens is 2. The second kappa shape index (κ2) is 20.5. The molecule has 0 atom stereocenters. The second-order valence-electron chi connectivity index (χ2n) is 8.92. The quantitative estimate of drug-likeness (QED) is 0.233. The van der Waals surface area contributed by atoms with Crippen molar-refractivity contribution in [2.45, 2.75) is 117 Å². The summed E-state index contributed by atoms with van der Waals surface area (Å²) in [5.74, 6) is 0. The van der Waals surface area contributed by atoms with Crippen LogP contribution in [0.2, 0.25) is 0 Å². The van der Waals surface area contributed by atoms with Crippen molar-refractivity contribution in [3.8, 4) is 0 Å². The molecular weight excluding hydrogens is 435 g/mol. The largest absolute Gasteiger partial charge is 1.00 e. The summed E-state index contributed by atoms with van der Waals surface area (Å²) >= 11 is 0. The van der Waals surface area contributed by atoms with Gasteiger partial charge in [-0.2, -0.15) is 0 Å². The van der Waals surface area contributed by atoms with E-state index in [0.717, 1.165) is 13.1 Å². The Morgan fingerprint density at radius 2 is 0.812 bits per heavy atom. The zero-order valence-electron chi connectivity index (χ0n) is 20.6. The lowest BCUT2D eigenvalue weighted by molar-refractivity contribution is -0.697. The van der Waals surface area contributed by atoms with Gasteiger partial charge in [-0.1, -0.05) is 52.4 Å². The molecule has 182 valence electrons. The first kappa shape index (κ1) is 30.9. The van der Waals surface area contributed by atoms with Gasteiger partial charge in [-0.25, -0.2) is 9.13 Å². The Morgan fingerprint density at radius 3 is 1.16 bits per heavy atom. The Hall–Kier alpha value is -1.12. The van der Waals surface area contributed by atoms with Crippen LogP contribution in [0.3, 0.4) is 0 Å². The monoisotopic (exact) mass is 480 g/mol. The van der Waals surface area contributed by atoms with Crippen molar-refractivity contribution in [2.24, 2.45) is 0 Å². The molecule has 0 radical (unpaired) electrons. The maximum Gasteiger partial charge on any atom is 0.169 e. The molecule has 0 N–H and O–H groups in total. The Bertz CT molecular complexity index is 597. The lowest BCUT2D eigenvalue weighted by Gasteiger charge is -2.02. The number of hydrogen-bond donors (Lipinski definition) is 0. The van der Waals surface area contributed by atoms with E-state index in [1.54, 1.807) is 0 Å². The molecule has 2 aromatic rings. The Morgan fingerprint density at radius 1 is 0.469 bits per heavy atom. The lowest BCUT2D eigenvalue weighted by atomic mass is 10.1. The molecular formula is C28H46Cl2N2. The molecule has 2 heterocycles. The van der Waals surface area contributed by atoms with Crippen molar-refractivity contribution < 1.29 is 33.9 Å². The fourth-order valence-corrected chi connectivity index (χ4v) is 4.06. The van der Waals surface area contributed by atoms with Crippen molar-refractivity contribution in [3.05, 3.63) is 60.2 Å². The summed E-state index contributed by atoms with van der Waals surface area (Å²) in [4.78, 5) is 0. The summed E-state index contributed by atoms with van der Waals surface area (Å²) in [6, 6.07) is 9.24. The van der Waals surface area contributed by atoms with Crippen LogP contribution in [-0.4, -0.2) is 0 Å². The van der Waals surface area contributed by atoms with Crippen molar-refractivity contribution in [3.63, 3.8) is 0 Å². The van der Waals surface area contributed by atoms with Gasteiger partial charge >= 0.3 is 0 Å². The summed E-state index contributed by atoms with van der Waals surface area (Å²) in [5, 5.41) is 0. The van der Waals surface area contributed by atoms with Crippen LogP contribution in [0.5, 0.6) is 0 Å². The molecule has 0 saturated heterocycles. The predicted molar refractivity (Wildman–Crippen MR) is 127 cm³/mol. The third-order valence-electron chi connectivity index (χ3n) is 6.14. The Labute approximate surface area is 210 Å². The molecule has 0 fully saturated rings. The number of unbranched alkanes of at least 4 members (excludes halogenated alkanes) is 9. The van der Waals surface area contributed by atoms with Crippen LogP contribution in [0.25, 0.3) is 0 Å². The van der Waals surface area contributed by atoms with Gasteiger partial charge in [0.1, 0.15) is 13.1 Å². The van der Waals surface area contributed by atoms with E-state index in [-0.39, 0.29) is 24.8 Å². The van der Waals surface area contributed by atoms with Gasteiger partial charge in [-0.05, 0) is 49.7 Å². The van der Waals surface area contributed by atoms with E-state index in [2.05, 4.69) is 72.0 Å². The normalized spacial score (nSPS) is 10.4. The molecule has 0 amide bonds. The topological polar surface area (TPSA) is 7.76 Å². The van der Waals surface area contributed by atoms with Crippen molar-refractivity contribution in [2.75, 3.05) is 0 Å². The van der Waals surface area contributed by atoms with Crippen LogP contribution in [-0.2, 0) is 25.9 Å². The molecule has 0 saturated carbocycles. The minimum atomic E-state index is 0. The van der Waals surface area contributed by atoms with Gasteiger partial charge in [0, 0.05) is 37.1 Å². The fourth-order valence-electron chi connectivity index (χ4n) is 4.06. The van der Waals surface area contributed by atoms with E-state index in [1.165, 1.54) is 101 Å². The first-order chi connectivity index (χ1) is 14.8. The lowest BCUT2D eigenvalue weighted by Crippen LogP contribution is -3.00. The van der Waals surface area contributed by atoms with Gasteiger partial charge < -0.3 is 24.8 Å². The van der Waals surface area contributed by atoms with Gasteiger partial charge in [0.05, 0.1) is 0 Å². The van der Waals surface area contributed by atoms with E-state index < -0.39 is 0 Å². The number of nitrogens with zero attached hydrogens (tertiary/aromatic N) is 2. The summed E-state index contributed by atoms with van der Waals surface area (Å²) in [7, 11) is 0. The van der Waals surface area contributed by atoms with E-state index in [9.17, 15) is 0 Å². The third-order valence-corrected chi connectivity index (χ3v) is 6.14. The molecule has 0 unspecified atom stereocenters. The van der Waals surface area contributed by atoms with Crippen molar-refractivity contribution >= 4 is 0 Å². The molecule has 0 aliphatic rings. The van der Waals surface area contributed by atoms with Crippen LogP contribution < -0.4 is 33.9 Å². The molecule has 0 aliphatic heterocycles. The molecule has 0 bridgehead atoms. The Balaban J connectivity index is 0.00000480. The maximum absolute atomic E-state index is 2.35. The summed E-state index contributed by atoms with van der Waals surface area (Å²) < 4.78 is 4.71. The SMILES string of the molecule is CCCCCc1cc[n+](CCCCCCCC[n+]2ccc(CCCCC)cc2)cc1.[Cl-].[Cl-]. The number of aromatic nitrogens is 2. The highest BCUT2D eigenvalue weighted by Gasteiger charge is 2.03. The highest BCUT2D eigenvalue weighted by molar-refractivity contribution is 5.07. The minimum absolute atomic E-state index is 0. The van der Waals surface area contributed by atoms with Gasteiger partial charge in [0.25, 0.3) is 0 Å². The molecule has 0 aromatic carbocycles. The fraction of sp³-hybridized carbons (Fsp3) is 0.643.